The largest absolute Gasteiger partial charge is 0.324 e. The average Bonchev–Trinajstić information content (AvgIpc) is 2.18. The third-order valence-corrected chi connectivity index (χ3v) is 3.35. The van der Waals surface area contributed by atoms with Crippen molar-refractivity contribution in [3.05, 3.63) is 31.8 Å². The van der Waals surface area contributed by atoms with Crippen LogP contribution < -0.4 is 5.73 Å². The molecule has 14 heavy (non-hydrogen) atoms. The Morgan fingerprint density at radius 2 is 2.29 bits per heavy atom. The predicted octanol–water partition coefficient (Wildman–Crippen LogP) is 3.47. The van der Waals surface area contributed by atoms with Crippen LogP contribution in [0.3, 0.4) is 0 Å². The number of benzene rings is 1. The van der Waals surface area contributed by atoms with E-state index >= 15 is 0 Å². The molecule has 0 saturated heterocycles. The first-order chi connectivity index (χ1) is 6.65. The van der Waals surface area contributed by atoms with Gasteiger partial charge >= 0.3 is 0 Å². The van der Waals surface area contributed by atoms with Gasteiger partial charge in [0.25, 0.3) is 0 Å². The molecule has 1 unspecified atom stereocenters. The number of hydrogen-bond acceptors (Lipinski definition) is 1. The summed E-state index contributed by atoms with van der Waals surface area (Å²) in [5.74, 6) is 2.61. The number of terminal acetylenes is 1. The van der Waals surface area contributed by atoms with E-state index in [1.54, 1.807) is 0 Å². The van der Waals surface area contributed by atoms with Gasteiger partial charge in [0.05, 0.1) is 0 Å². The number of nitrogens with two attached hydrogens (primary N) is 1. The zero-order valence-corrected chi connectivity index (χ0v) is 11.4. The first kappa shape index (κ1) is 12.0. The van der Waals surface area contributed by atoms with E-state index in [0.717, 1.165) is 22.9 Å². The van der Waals surface area contributed by atoms with Gasteiger partial charge in [-0.05, 0) is 52.8 Å². The molecule has 1 aromatic carbocycles. The van der Waals surface area contributed by atoms with Crippen LogP contribution in [0.1, 0.15) is 24.4 Å². The second-order valence-corrected chi connectivity index (χ2v) is 5.12. The molecule has 1 rings (SSSR count). The lowest BCUT2D eigenvalue weighted by molar-refractivity contribution is 0.665. The molecule has 0 aliphatic carbocycles. The fourth-order valence-electron chi connectivity index (χ4n) is 1.19. The molecule has 3 heteroatoms. The molecule has 1 nitrogen and oxygen atoms in total. The first-order valence-electron chi connectivity index (χ1n) is 4.29. The SMILES string of the molecule is C#CCCC(N)c1cc(I)ccc1Br. The van der Waals surface area contributed by atoms with E-state index in [1.807, 2.05) is 12.1 Å². The molecule has 2 N–H and O–H groups in total. The Labute approximate surface area is 107 Å². The van der Waals surface area contributed by atoms with Crippen molar-refractivity contribution in [2.75, 3.05) is 0 Å². The highest BCUT2D eigenvalue weighted by atomic mass is 127. The summed E-state index contributed by atoms with van der Waals surface area (Å²) in [4.78, 5) is 0. The molecular formula is C11H11BrIN. The molecule has 0 spiro atoms. The summed E-state index contributed by atoms with van der Waals surface area (Å²) in [6.45, 7) is 0. The van der Waals surface area contributed by atoms with Crippen LogP contribution in [0.4, 0.5) is 0 Å². The Morgan fingerprint density at radius 1 is 1.57 bits per heavy atom. The zero-order valence-electron chi connectivity index (χ0n) is 7.63. The minimum Gasteiger partial charge on any atom is -0.324 e. The van der Waals surface area contributed by atoms with Gasteiger partial charge in [-0.2, -0.15) is 0 Å². The molecule has 0 fully saturated rings. The lowest BCUT2D eigenvalue weighted by Crippen LogP contribution is -2.10. The molecule has 0 saturated carbocycles. The van der Waals surface area contributed by atoms with E-state index < -0.39 is 0 Å². The van der Waals surface area contributed by atoms with Gasteiger partial charge in [0.1, 0.15) is 0 Å². The van der Waals surface area contributed by atoms with Crippen molar-refractivity contribution in [1.82, 2.24) is 0 Å². The number of hydrogen-bond donors (Lipinski definition) is 1. The highest BCUT2D eigenvalue weighted by Gasteiger charge is 2.09. The van der Waals surface area contributed by atoms with Crippen LogP contribution in [0.5, 0.6) is 0 Å². The molecule has 0 radical (unpaired) electrons. The minimum absolute atomic E-state index is 0.0233. The molecule has 1 aromatic rings. The quantitative estimate of drug-likeness (QED) is 0.645. The maximum Gasteiger partial charge on any atom is 0.0315 e. The van der Waals surface area contributed by atoms with Crippen molar-refractivity contribution in [1.29, 1.82) is 0 Å². The normalized spacial score (nSPS) is 12.1. The van der Waals surface area contributed by atoms with Gasteiger partial charge in [-0.3, -0.25) is 0 Å². The summed E-state index contributed by atoms with van der Waals surface area (Å²) < 4.78 is 2.25. The van der Waals surface area contributed by atoms with Gasteiger partial charge in [0.2, 0.25) is 0 Å². The van der Waals surface area contributed by atoms with Crippen LogP contribution in [0.25, 0.3) is 0 Å². The molecular weight excluding hydrogens is 353 g/mol. The smallest absolute Gasteiger partial charge is 0.0315 e. The van der Waals surface area contributed by atoms with Crippen LogP contribution in [-0.2, 0) is 0 Å². The van der Waals surface area contributed by atoms with Gasteiger partial charge in [0.15, 0.2) is 0 Å². The average molecular weight is 364 g/mol. The maximum atomic E-state index is 6.02. The summed E-state index contributed by atoms with van der Waals surface area (Å²) in [5.41, 5.74) is 7.15. The Bertz CT molecular complexity index is 357. The van der Waals surface area contributed by atoms with E-state index in [1.165, 1.54) is 3.57 Å². The molecule has 0 aliphatic rings. The van der Waals surface area contributed by atoms with Gasteiger partial charge in [-0.25, -0.2) is 0 Å². The van der Waals surface area contributed by atoms with Crippen molar-refractivity contribution < 1.29 is 0 Å². The predicted molar refractivity (Wildman–Crippen MR) is 71.9 cm³/mol. The van der Waals surface area contributed by atoms with Crippen LogP contribution in [0.15, 0.2) is 22.7 Å². The fourth-order valence-corrected chi connectivity index (χ4v) is 2.25. The summed E-state index contributed by atoms with van der Waals surface area (Å²) in [5, 5.41) is 0. The zero-order chi connectivity index (χ0) is 10.6. The Balaban J connectivity index is 2.83. The van der Waals surface area contributed by atoms with Crippen molar-refractivity contribution >= 4 is 38.5 Å². The Kier molecular flexibility index (Phi) is 4.93. The van der Waals surface area contributed by atoms with Gasteiger partial charge in [0, 0.05) is 20.5 Å². The lowest BCUT2D eigenvalue weighted by Gasteiger charge is -2.12. The van der Waals surface area contributed by atoms with E-state index in [0.29, 0.717) is 0 Å². The maximum absolute atomic E-state index is 6.02. The fraction of sp³-hybridized carbons (Fsp3) is 0.273. The molecule has 0 aliphatic heterocycles. The minimum atomic E-state index is 0.0233. The number of halogens is 2. The van der Waals surface area contributed by atoms with Crippen molar-refractivity contribution in [3.63, 3.8) is 0 Å². The van der Waals surface area contributed by atoms with Crippen molar-refractivity contribution in [2.24, 2.45) is 5.73 Å². The van der Waals surface area contributed by atoms with Gasteiger partial charge in [-0.15, -0.1) is 12.3 Å². The summed E-state index contributed by atoms with van der Waals surface area (Å²) >= 11 is 5.76. The second kappa shape index (κ2) is 5.74. The van der Waals surface area contributed by atoms with E-state index in [2.05, 4.69) is 50.5 Å². The summed E-state index contributed by atoms with van der Waals surface area (Å²) in [7, 11) is 0. The molecule has 74 valence electrons. The Hall–Kier alpha value is -0.0500. The van der Waals surface area contributed by atoms with Crippen LogP contribution in [0.2, 0.25) is 0 Å². The van der Waals surface area contributed by atoms with Crippen LogP contribution in [0, 0.1) is 15.9 Å². The molecule has 0 bridgehead atoms. The van der Waals surface area contributed by atoms with Gasteiger partial charge in [-0.1, -0.05) is 15.9 Å². The first-order valence-corrected chi connectivity index (χ1v) is 6.16. The summed E-state index contributed by atoms with van der Waals surface area (Å²) in [6.07, 6.45) is 6.75. The van der Waals surface area contributed by atoms with Crippen LogP contribution in [-0.4, -0.2) is 0 Å². The molecule has 0 aromatic heterocycles. The lowest BCUT2D eigenvalue weighted by atomic mass is 10.0. The Morgan fingerprint density at radius 3 is 2.93 bits per heavy atom. The van der Waals surface area contributed by atoms with Crippen LogP contribution >= 0.6 is 38.5 Å². The molecule has 1 atom stereocenters. The molecule has 0 heterocycles. The third kappa shape index (κ3) is 3.26. The van der Waals surface area contributed by atoms with E-state index in [4.69, 9.17) is 12.2 Å². The number of rotatable bonds is 3. The topological polar surface area (TPSA) is 26.0 Å². The van der Waals surface area contributed by atoms with Gasteiger partial charge < -0.3 is 5.73 Å². The third-order valence-electron chi connectivity index (χ3n) is 1.96. The summed E-state index contributed by atoms with van der Waals surface area (Å²) in [6, 6.07) is 6.18. The van der Waals surface area contributed by atoms with E-state index in [-0.39, 0.29) is 6.04 Å². The second-order valence-electron chi connectivity index (χ2n) is 3.02. The van der Waals surface area contributed by atoms with Crippen molar-refractivity contribution in [3.8, 4) is 12.3 Å². The monoisotopic (exact) mass is 363 g/mol. The van der Waals surface area contributed by atoms with E-state index in [9.17, 15) is 0 Å². The standard InChI is InChI=1S/C11H11BrIN/c1-2-3-4-11(14)9-7-8(13)5-6-10(9)12/h1,5-7,11H,3-4,14H2. The highest BCUT2D eigenvalue weighted by molar-refractivity contribution is 14.1. The highest BCUT2D eigenvalue weighted by Crippen LogP contribution is 2.26. The molecule has 0 amide bonds. The van der Waals surface area contributed by atoms with Crippen molar-refractivity contribution in [2.45, 2.75) is 18.9 Å².